The van der Waals surface area contributed by atoms with Gasteiger partial charge in [-0.1, -0.05) is 30.3 Å². The number of carbonyl (C=O) groups is 2. The molecule has 2 atom stereocenters. The molecule has 2 rings (SSSR count). The van der Waals surface area contributed by atoms with E-state index in [1.54, 1.807) is 4.90 Å². The zero-order valence-corrected chi connectivity index (χ0v) is 12.5. The van der Waals surface area contributed by atoms with Crippen molar-refractivity contribution in [1.82, 2.24) is 4.90 Å². The lowest BCUT2D eigenvalue weighted by molar-refractivity contribution is -0.139. The van der Waals surface area contributed by atoms with Gasteiger partial charge in [0.2, 0.25) is 0 Å². The summed E-state index contributed by atoms with van der Waals surface area (Å²) in [5.74, 6) is -0.882. The molecule has 1 aromatic rings. The van der Waals surface area contributed by atoms with Crippen molar-refractivity contribution in [2.75, 3.05) is 13.1 Å². The van der Waals surface area contributed by atoms with Gasteiger partial charge in [-0.25, -0.2) is 4.79 Å². The van der Waals surface area contributed by atoms with Gasteiger partial charge in [0.15, 0.2) is 0 Å². The minimum Gasteiger partial charge on any atom is -0.480 e. The van der Waals surface area contributed by atoms with E-state index in [4.69, 9.17) is 15.6 Å². The molecule has 120 valence electrons. The van der Waals surface area contributed by atoms with E-state index >= 15 is 0 Å². The van der Waals surface area contributed by atoms with Crippen LogP contribution in [0.3, 0.4) is 0 Å². The number of aliphatic carboxylic acids is 1. The van der Waals surface area contributed by atoms with Crippen LogP contribution < -0.4 is 5.73 Å². The van der Waals surface area contributed by atoms with Crippen molar-refractivity contribution in [2.45, 2.75) is 31.9 Å². The molecule has 1 aliphatic heterocycles. The first kappa shape index (κ1) is 16.3. The largest absolute Gasteiger partial charge is 0.480 e. The fourth-order valence-corrected chi connectivity index (χ4v) is 2.69. The molecule has 0 bridgehead atoms. The second kappa shape index (κ2) is 7.79. The lowest BCUT2D eigenvalue weighted by atomic mass is 9.92. The number of benzene rings is 1. The van der Waals surface area contributed by atoms with E-state index in [1.165, 1.54) is 0 Å². The highest BCUT2D eigenvalue weighted by Gasteiger charge is 2.27. The molecule has 1 heterocycles. The zero-order chi connectivity index (χ0) is 15.9. The molecule has 3 N–H and O–H groups in total. The number of amides is 1. The Bertz CT molecular complexity index is 506. The van der Waals surface area contributed by atoms with Crippen LogP contribution in [0, 0.1) is 5.92 Å². The van der Waals surface area contributed by atoms with Gasteiger partial charge in [-0.05, 0) is 30.7 Å². The lowest BCUT2D eigenvalue weighted by Crippen LogP contribution is -2.43. The first-order valence-corrected chi connectivity index (χ1v) is 7.50. The van der Waals surface area contributed by atoms with Crippen LogP contribution >= 0.6 is 0 Å². The van der Waals surface area contributed by atoms with E-state index in [9.17, 15) is 9.59 Å². The van der Waals surface area contributed by atoms with Gasteiger partial charge in [0, 0.05) is 13.1 Å². The summed E-state index contributed by atoms with van der Waals surface area (Å²) in [5, 5.41) is 8.87. The second-order valence-electron chi connectivity index (χ2n) is 5.67. The Morgan fingerprint density at radius 3 is 2.77 bits per heavy atom. The fraction of sp³-hybridized carbons (Fsp3) is 0.500. The number of ether oxygens (including phenoxy) is 1. The van der Waals surface area contributed by atoms with E-state index in [0.29, 0.717) is 19.5 Å². The number of hydrogen-bond acceptors (Lipinski definition) is 4. The first-order chi connectivity index (χ1) is 10.6. The SMILES string of the molecule is NC(CC1CCCN(C(=O)OCc2ccccc2)C1)C(=O)O. The normalized spacial score (nSPS) is 19.5. The Hall–Kier alpha value is -2.08. The summed E-state index contributed by atoms with van der Waals surface area (Å²) in [5.41, 5.74) is 6.51. The van der Waals surface area contributed by atoms with Crippen LogP contribution in [0.15, 0.2) is 30.3 Å². The highest BCUT2D eigenvalue weighted by molar-refractivity contribution is 5.73. The average Bonchev–Trinajstić information content (AvgIpc) is 2.53. The molecule has 1 saturated heterocycles. The standard InChI is InChI=1S/C16H22N2O4/c17-14(15(19)20)9-13-7-4-8-18(10-13)16(21)22-11-12-5-2-1-3-6-12/h1-3,5-6,13-14H,4,7-11,17H2,(H,19,20). The van der Waals surface area contributed by atoms with Gasteiger partial charge >= 0.3 is 12.1 Å². The maximum Gasteiger partial charge on any atom is 0.410 e. The van der Waals surface area contributed by atoms with E-state index in [1.807, 2.05) is 30.3 Å². The lowest BCUT2D eigenvalue weighted by Gasteiger charge is -2.32. The predicted octanol–water partition coefficient (Wildman–Crippen LogP) is 1.84. The monoisotopic (exact) mass is 306 g/mol. The van der Waals surface area contributed by atoms with Gasteiger partial charge in [0.05, 0.1) is 0 Å². The van der Waals surface area contributed by atoms with Crippen LogP contribution in [0.1, 0.15) is 24.8 Å². The van der Waals surface area contributed by atoms with Gasteiger partial charge < -0.3 is 20.5 Å². The van der Waals surface area contributed by atoms with Gasteiger partial charge in [-0.2, -0.15) is 0 Å². The van der Waals surface area contributed by atoms with Crippen molar-refractivity contribution in [3.63, 3.8) is 0 Å². The molecule has 1 aromatic carbocycles. The highest BCUT2D eigenvalue weighted by atomic mass is 16.6. The van der Waals surface area contributed by atoms with Crippen LogP contribution in [0.25, 0.3) is 0 Å². The molecule has 0 aromatic heterocycles. The Kier molecular flexibility index (Phi) is 5.77. The number of likely N-dealkylation sites (tertiary alicyclic amines) is 1. The Morgan fingerprint density at radius 1 is 1.36 bits per heavy atom. The molecule has 6 heteroatoms. The van der Waals surface area contributed by atoms with E-state index in [-0.39, 0.29) is 18.6 Å². The van der Waals surface area contributed by atoms with Crippen LogP contribution in [0.2, 0.25) is 0 Å². The maximum atomic E-state index is 12.1. The smallest absolute Gasteiger partial charge is 0.410 e. The van der Waals surface area contributed by atoms with Crippen LogP contribution in [0.5, 0.6) is 0 Å². The van der Waals surface area contributed by atoms with Crippen LogP contribution in [-0.4, -0.2) is 41.2 Å². The summed E-state index contributed by atoms with van der Waals surface area (Å²) >= 11 is 0. The molecule has 0 aliphatic carbocycles. The Balaban J connectivity index is 1.81. The molecular weight excluding hydrogens is 284 g/mol. The Morgan fingerprint density at radius 2 is 2.09 bits per heavy atom. The minimum atomic E-state index is -0.997. The number of carbonyl (C=O) groups excluding carboxylic acids is 1. The first-order valence-electron chi connectivity index (χ1n) is 7.50. The zero-order valence-electron chi connectivity index (χ0n) is 12.5. The molecule has 0 saturated carbocycles. The topological polar surface area (TPSA) is 92.9 Å². The van der Waals surface area contributed by atoms with Gasteiger partial charge in [0.25, 0.3) is 0 Å². The fourth-order valence-electron chi connectivity index (χ4n) is 2.69. The third-order valence-corrected chi connectivity index (χ3v) is 3.89. The van der Waals surface area contributed by atoms with Crippen molar-refractivity contribution in [3.05, 3.63) is 35.9 Å². The Labute approximate surface area is 129 Å². The summed E-state index contributed by atoms with van der Waals surface area (Å²) in [6, 6.07) is 8.63. The third kappa shape index (κ3) is 4.73. The van der Waals surface area contributed by atoms with E-state index < -0.39 is 12.0 Å². The van der Waals surface area contributed by atoms with Crippen molar-refractivity contribution in [2.24, 2.45) is 11.7 Å². The summed E-state index contributed by atoms with van der Waals surface area (Å²) in [4.78, 5) is 24.6. The molecule has 1 fully saturated rings. The minimum absolute atomic E-state index is 0.115. The van der Waals surface area contributed by atoms with Crippen LogP contribution in [-0.2, 0) is 16.1 Å². The van der Waals surface area contributed by atoms with Gasteiger partial charge in [0.1, 0.15) is 12.6 Å². The molecule has 0 radical (unpaired) electrons. The molecule has 22 heavy (non-hydrogen) atoms. The molecule has 1 aliphatic rings. The number of piperidine rings is 1. The van der Waals surface area contributed by atoms with E-state index in [0.717, 1.165) is 18.4 Å². The van der Waals surface area contributed by atoms with Crippen molar-refractivity contribution >= 4 is 12.1 Å². The number of rotatable bonds is 5. The highest BCUT2D eigenvalue weighted by Crippen LogP contribution is 2.21. The molecule has 1 amide bonds. The van der Waals surface area contributed by atoms with Gasteiger partial charge in [-0.15, -0.1) is 0 Å². The summed E-state index contributed by atoms with van der Waals surface area (Å²) in [6.07, 6.45) is 1.77. The molecule has 0 spiro atoms. The number of carboxylic acids is 1. The van der Waals surface area contributed by atoms with Crippen molar-refractivity contribution in [1.29, 1.82) is 0 Å². The van der Waals surface area contributed by atoms with Gasteiger partial charge in [-0.3, -0.25) is 4.79 Å². The second-order valence-corrected chi connectivity index (χ2v) is 5.67. The third-order valence-electron chi connectivity index (χ3n) is 3.89. The number of hydrogen-bond donors (Lipinski definition) is 2. The summed E-state index contributed by atoms with van der Waals surface area (Å²) in [7, 11) is 0. The summed E-state index contributed by atoms with van der Waals surface area (Å²) in [6.45, 7) is 1.40. The average molecular weight is 306 g/mol. The quantitative estimate of drug-likeness (QED) is 0.866. The van der Waals surface area contributed by atoms with Crippen molar-refractivity contribution < 1.29 is 19.4 Å². The number of nitrogens with zero attached hydrogens (tertiary/aromatic N) is 1. The van der Waals surface area contributed by atoms with Crippen LogP contribution in [0.4, 0.5) is 4.79 Å². The predicted molar refractivity (Wildman–Crippen MR) is 81.2 cm³/mol. The number of carboxylic acid groups (broad SMARTS) is 1. The molecule has 2 unspecified atom stereocenters. The molecule has 6 nitrogen and oxygen atoms in total. The maximum absolute atomic E-state index is 12.1. The summed E-state index contributed by atoms with van der Waals surface area (Å²) < 4.78 is 5.31. The number of nitrogens with two attached hydrogens (primary N) is 1. The van der Waals surface area contributed by atoms with Crippen molar-refractivity contribution in [3.8, 4) is 0 Å². The van der Waals surface area contributed by atoms with E-state index in [2.05, 4.69) is 0 Å². The molecular formula is C16H22N2O4.